The Morgan fingerprint density at radius 3 is 0.809 bits per heavy atom. The van der Waals surface area contributed by atoms with Gasteiger partial charge < -0.3 is 20.3 Å². The molecule has 0 spiro atoms. The Kier molecular flexibility index (Phi) is 77.8. The summed E-state index contributed by atoms with van der Waals surface area (Å²) in [5.74, 6) is -0.00730. The lowest BCUT2D eigenvalue weighted by atomic mass is 10.0. The first-order chi connectivity index (χ1) is 44.0. The summed E-state index contributed by atoms with van der Waals surface area (Å²) in [7, 11) is 0. The van der Waals surface area contributed by atoms with Crippen molar-refractivity contribution in [2.24, 2.45) is 0 Å². The molecule has 2 atom stereocenters. The van der Waals surface area contributed by atoms with Crippen molar-refractivity contribution in [2.45, 2.75) is 495 Å². The molecule has 1 amide bonds. The summed E-state index contributed by atoms with van der Waals surface area (Å²) in [5.41, 5.74) is 0. The van der Waals surface area contributed by atoms with Crippen LogP contribution < -0.4 is 5.32 Å². The highest BCUT2D eigenvalue weighted by molar-refractivity contribution is 5.76. The molecule has 89 heavy (non-hydrogen) atoms. The molecule has 0 aromatic heterocycles. The van der Waals surface area contributed by atoms with Gasteiger partial charge in [0.05, 0.1) is 25.4 Å². The lowest BCUT2D eigenvalue weighted by Gasteiger charge is -2.22. The van der Waals surface area contributed by atoms with Crippen molar-refractivity contribution in [2.75, 3.05) is 13.2 Å². The van der Waals surface area contributed by atoms with Crippen LogP contribution in [0.3, 0.4) is 0 Å². The van der Waals surface area contributed by atoms with Crippen LogP contribution in [0.5, 0.6) is 0 Å². The maximum Gasteiger partial charge on any atom is 0.305 e. The van der Waals surface area contributed by atoms with E-state index in [0.717, 1.165) is 44.9 Å². The normalized spacial score (nSPS) is 12.4. The van der Waals surface area contributed by atoms with Crippen molar-refractivity contribution in [3.8, 4) is 0 Å². The number of carbonyl (C=O) groups is 2. The molecule has 0 saturated heterocycles. The van der Waals surface area contributed by atoms with Gasteiger partial charge in [-0.3, -0.25) is 9.59 Å². The van der Waals surface area contributed by atoms with Gasteiger partial charge in [-0.15, -0.1) is 0 Å². The Labute approximate surface area is 559 Å². The summed E-state index contributed by atoms with van der Waals surface area (Å²) in [4.78, 5) is 24.6. The molecular formula is C83H163NO5. The first-order valence-electron chi connectivity index (χ1n) is 41.4. The van der Waals surface area contributed by atoms with Crippen LogP contribution in [-0.2, 0) is 14.3 Å². The number of allylic oxidation sites excluding steroid dienone is 2. The van der Waals surface area contributed by atoms with Gasteiger partial charge in [0.15, 0.2) is 0 Å². The molecule has 6 nitrogen and oxygen atoms in total. The van der Waals surface area contributed by atoms with Crippen LogP contribution in [0.1, 0.15) is 483 Å². The van der Waals surface area contributed by atoms with E-state index in [-0.39, 0.29) is 18.5 Å². The van der Waals surface area contributed by atoms with Gasteiger partial charge in [-0.1, -0.05) is 431 Å². The third-order valence-corrected chi connectivity index (χ3v) is 19.8. The fourth-order valence-corrected chi connectivity index (χ4v) is 13.5. The first kappa shape index (κ1) is 87.6. The van der Waals surface area contributed by atoms with E-state index in [2.05, 4.69) is 31.3 Å². The Hall–Kier alpha value is -1.40. The largest absolute Gasteiger partial charge is 0.466 e. The standard InChI is InChI=1S/C83H163NO5/c1-3-5-7-9-11-13-15-17-18-19-20-42-45-48-52-55-59-63-67-71-75-81(86)80(79-85)84-82(87)76-72-68-64-60-56-53-49-46-43-40-38-36-34-32-30-28-26-24-22-21-23-25-27-29-31-33-35-37-39-41-44-47-50-54-58-62-66-70-74-78-89-83(88)77-73-69-65-61-57-51-16-14-12-10-8-6-4-2/h14,16,80-81,85-86H,3-13,15,17-79H2,1-2H3,(H,84,87)/b16-14-. The number of rotatable bonds is 79. The Morgan fingerprint density at radius 2 is 0.528 bits per heavy atom. The van der Waals surface area contributed by atoms with Gasteiger partial charge in [-0.25, -0.2) is 0 Å². The summed E-state index contributed by atoms with van der Waals surface area (Å²) in [6, 6.07) is -0.537. The zero-order valence-corrected chi connectivity index (χ0v) is 61.0. The topological polar surface area (TPSA) is 95.9 Å². The lowest BCUT2D eigenvalue weighted by Crippen LogP contribution is -2.45. The molecule has 3 N–H and O–H groups in total. The van der Waals surface area contributed by atoms with Crippen molar-refractivity contribution < 1.29 is 24.5 Å². The fourth-order valence-electron chi connectivity index (χ4n) is 13.5. The zero-order chi connectivity index (χ0) is 64.2. The van der Waals surface area contributed by atoms with Crippen LogP contribution in [0.25, 0.3) is 0 Å². The van der Waals surface area contributed by atoms with Gasteiger partial charge in [0.2, 0.25) is 5.91 Å². The molecule has 0 aromatic rings. The second-order valence-corrected chi connectivity index (χ2v) is 28.8. The summed E-state index contributed by atoms with van der Waals surface area (Å²) < 4.78 is 5.49. The summed E-state index contributed by atoms with van der Waals surface area (Å²) >= 11 is 0. The summed E-state index contributed by atoms with van der Waals surface area (Å²) in [6.07, 6.45) is 100. The van der Waals surface area contributed by atoms with Crippen molar-refractivity contribution in [3.63, 3.8) is 0 Å². The monoisotopic (exact) mass is 1250 g/mol. The number of aliphatic hydroxyl groups excluding tert-OH is 2. The fraction of sp³-hybridized carbons (Fsp3) is 0.952. The quantitative estimate of drug-likeness (QED) is 0.0320. The second kappa shape index (κ2) is 79.0. The Morgan fingerprint density at radius 1 is 0.303 bits per heavy atom. The number of hydrogen-bond donors (Lipinski definition) is 3. The van der Waals surface area contributed by atoms with Crippen LogP contribution in [-0.4, -0.2) is 47.4 Å². The minimum atomic E-state index is -0.660. The first-order valence-corrected chi connectivity index (χ1v) is 41.4. The van der Waals surface area contributed by atoms with Crippen LogP contribution in [0, 0.1) is 0 Å². The van der Waals surface area contributed by atoms with Gasteiger partial charge in [0, 0.05) is 12.8 Å². The van der Waals surface area contributed by atoms with E-state index >= 15 is 0 Å². The maximum atomic E-state index is 12.6. The van der Waals surface area contributed by atoms with Crippen molar-refractivity contribution in [3.05, 3.63) is 12.2 Å². The SMILES string of the molecule is CCCCCC/C=C\CCCCCCCC(=O)OCCCCCCCCCCCCCCCCCCCCCCCCCCCCCCCCCCCCCCCCCC(=O)NC(CO)C(O)CCCCCCCCCCCCCCCCCCCCCC. The minimum Gasteiger partial charge on any atom is -0.466 e. The Balaban J connectivity index is 3.29. The second-order valence-electron chi connectivity index (χ2n) is 28.8. The van der Waals surface area contributed by atoms with Gasteiger partial charge in [-0.05, 0) is 51.4 Å². The van der Waals surface area contributed by atoms with Crippen LogP contribution in [0.2, 0.25) is 0 Å². The molecule has 0 saturated carbocycles. The molecular weight excluding hydrogens is 1090 g/mol. The van der Waals surface area contributed by atoms with E-state index in [4.69, 9.17) is 4.74 Å². The van der Waals surface area contributed by atoms with E-state index in [0.29, 0.717) is 25.9 Å². The van der Waals surface area contributed by atoms with Crippen LogP contribution in [0.15, 0.2) is 12.2 Å². The van der Waals surface area contributed by atoms with E-state index in [9.17, 15) is 19.8 Å². The smallest absolute Gasteiger partial charge is 0.305 e. The third kappa shape index (κ3) is 75.5. The number of hydrogen-bond acceptors (Lipinski definition) is 5. The van der Waals surface area contributed by atoms with Gasteiger partial charge >= 0.3 is 5.97 Å². The molecule has 0 aromatic carbocycles. The van der Waals surface area contributed by atoms with Crippen molar-refractivity contribution in [1.29, 1.82) is 0 Å². The molecule has 0 bridgehead atoms. The Bertz CT molecular complexity index is 1350. The number of amides is 1. The molecule has 0 aliphatic heterocycles. The predicted molar refractivity (Wildman–Crippen MR) is 394 cm³/mol. The zero-order valence-electron chi connectivity index (χ0n) is 61.0. The number of unbranched alkanes of at least 4 members (excludes halogenated alkanes) is 66. The number of carbonyl (C=O) groups excluding carboxylic acids is 2. The van der Waals surface area contributed by atoms with Gasteiger partial charge in [0.25, 0.3) is 0 Å². The highest BCUT2D eigenvalue weighted by Crippen LogP contribution is 2.21. The van der Waals surface area contributed by atoms with E-state index in [1.807, 2.05) is 0 Å². The maximum absolute atomic E-state index is 12.6. The highest BCUT2D eigenvalue weighted by Gasteiger charge is 2.20. The lowest BCUT2D eigenvalue weighted by molar-refractivity contribution is -0.143. The molecule has 0 rings (SSSR count). The molecule has 0 heterocycles. The number of nitrogens with one attached hydrogen (secondary N) is 1. The third-order valence-electron chi connectivity index (χ3n) is 19.8. The molecule has 0 aliphatic rings. The number of ether oxygens (including phenoxy) is 1. The molecule has 0 aliphatic carbocycles. The number of esters is 1. The average molecular weight is 1260 g/mol. The molecule has 2 unspecified atom stereocenters. The molecule has 530 valence electrons. The van der Waals surface area contributed by atoms with Crippen LogP contribution >= 0.6 is 0 Å². The van der Waals surface area contributed by atoms with Crippen molar-refractivity contribution >= 4 is 11.9 Å². The average Bonchev–Trinajstić information content (AvgIpc) is 3.55. The van der Waals surface area contributed by atoms with Crippen LogP contribution in [0.4, 0.5) is 0 Å². The van der Waals surface area contributed by atoms with E-state index < -0.39 is 12.1 Å². The predicted octanol–water partition coefficient (Wildman–Crippen LogP) is 27.4. The molecule has 6 heteroatoms. The highest BCUT2D eigenvalue weighted by atomic mass is 16.5. The minimum absolute atomic E-state index is 0.0158. The van der Waals surface area contributed by atoms with Gasteiger partial charge in [0.1, 0.15) is 0 Å². The number of aliphatic hydroxyl groups is 2. The molecule has 0 radical (unpaired) electrons. The van der Waals surface area contributed by atoms with E-state index in [1.54, 1.807) is 0 Å². The van der Waals surface area contributed by atoms with E-state index in [1.165, 1.54) is 405 Å². The summed E-state index contributed by atoms with van der Waals surface area (Å²) in [5, 5.41) is 23.5. The van der Waals surface area contributed by atoms with Gasteiger partial charge in [-0.2, -0.15) is 0 Å². The molecule has 0 fully saturated rings. The van der Waals surface area contributed by atoms with Crippen molar-refractivity contribution in [1.82, 2.24) is 5.32 Å². The summed E-state index contributed by atoms with van der Waals surface area (Å²) in [6.45, 7) is 4.99.